The van der Waals surface area contributed by atoms with Crippen LogP contribution in [0.15, 0.2) is 42.7 Å². The van der Waals surface area contributed by atoms with Crippen molar-refractivity contribution in [2.24, 2.45) is 11.8 Å². The lowest BCUT2D eigenvalue weighted by Crippen LogP contribution is -2.47. The van der Waals surface area contributed by atoms with E-state index >= 15 is 0 Å². The number of rotatable bonds is 5. The van der Waals surface area contributed by atoms with E-state index in [1.165, 1.54) is 6.07 Å². The van der Waals surface area contributed by atoms with E-state index in [1.54, 1.807) is 25.4 Å². The number of aromatic nitrogens is 1. The number of amides is 2. The maximum Gasteiger partial charge on any atom is 0.226 e. The Morgan fingerprint density at radius 3 is 2.66 bits per heavy atom. The first-order valence-corrected chi connectivity index (χ1v) is 10.3. The van der Waals surface area contributed by atoms with Gasteiger partial charge >= 0.3 is 0 Å². The Kier molecular flexibility index (Phi) is 5.60. The summed E-state index contributed by atoms with van der Waals surface area (Å²) in [4.78, 5) is 31.6. The molecule has 2 heterocycles. The number of hydrogen-bond acceptors (Lipinski definition) is 3. The van der Waals surface area contributed by atoms with Crippen molar-refractivity contribution in [2.45, 2.75) is 45.2 Å². The highest BCUT2D eigenvalue weighted by Gasteiger charge is 2.41. The smallest absolute Gasteiger partial charge is 0.226 e. The molecule has 2 amide bonds. The topological polar surface area (TPSA) is 62.3 Å². The summed E-state index contributed by atoms with van der Waals surface area (Å²) >= 11 is 0. The molecule has 0 unspecified atom stereocenters. The highest BCUT2D eigenvalue weighted by atomic mass is 19.1. The number of aryl methyl sites for hydroxylation is 1. The number of nitrogens with one attached hydrogen (secondary N) is 1. The van der Waals surface area contributed by atoms with E-state index in [9.17, 15) is 14.0 Å². The lowest BCUT2D eigenvalue weighted by molar-refractivity contribution is -0.140. The van der Waals surface area contributed by atoms with Crippen LogP contribution in [0.5, 0.6) is 0 Å². The van der Waals surface area contributed by atoms with Crippen LogP contribution in [0.2, 0.25) is 0 Å². The normalized spacial score (nSPS) is 21.7. The summed E-state index contributed by atoms with van der Waals surface area (Å²) in [6, 6.07) is 8.73. The van der Waals surface area contributed by atoms with Gasteiger partial charge in [-0.2, -0.15) is 0 Å². The van der Waals surface area contributed by atoms with Crippen LogP contribution in [0.3, 0.4) is 0 Å². The number of nitrogens with zero attached hydrogens (tertiary/aromatic N) is 2. The molecule has 0 bridgehead atoms. The number of piperidine rings is 1. The molecule has 2 fully saturated rings. The van der Waals surface area contributed by atoms with E-state index in [4.69, 9.17) is 0 Å². The summed E-state index contributed by atoms with van der Waals surface area (Å²) in [5.41, 5.74) is 2.48. The molecule has 0 radical (unpaired) electrons. The van der Waals surface area contributed by atoms with Crippen molar-refractivity contribution in [1.29, 1.82) is 0 Å². The van der Waals surface area contributed by atoms with Gasteiger partial charge in [-0.05, 0) is 61.4 Å². The van der Waals surface area contributed by atoms with Crippen molar-refractivity contribution in [3.63, 3.8) is 0 Å². The zero-order valence-corrected chi connectivity index (χ0v) is 16.6. The zero-order valence-electron chi connectivity index (χ0n) is 16.6. The summed E-state index contributed by atoms with van der Waals surface area (Å²) in [5.74, 6) is -0.293. The Bertz CT molecular complexity index is 898. The fourth-order valence-electron chi connectivity index (χ4n) is 4.05. The maximum atomic E-state index is 13.7. The van der Waals surface area contributed by atoms with E-state index in [0.717, 1.165) is 24.0 Å². The van der Waals surface area contributed by atoms with Gasteiger partial charge in [0.15, 0.2) is 0 Å². The second-order valence-corrected chi connectivity index (χ2v) is 8.14. The van der Waals surface area contributed by atoms with Crippen LogP contribution < -0.4 is 5.32 Å². The first-order valence-electron chi connectivity index (χ1n) is 10.3. The van der Waals surface area contributed by atoms with Gasteiger partial charge in [0.1, 0.15) is 5.82 Å². The van der Waals surface area contributed by atoms with Crippen molar-refractivity contribution in [1.82, 2.24) is 15.2 Å². The average Bonchev–Trinajstić information content (AvgIpc) is 3.59. The van der Waals surface area contributed by atoms with Gasteiger partial charge < -0.3 is 10.2 Å². The van der Waals surface area contributed by atoms with Gasteiger partial charge in [0.2, 0.25) is 11.8 Å². The predicted octanol–water partition coefficient (Wildman–Crippen LogP) is 3.54. The van der Waals surface area contributed by atoms with Crippen LogP contribution in [0.4, 0.5) is 4.39 Å². The van der Waals surface area contributed by atoms with E-state index in [1.807, 2.05) is 23.1 Å². The van der Waals surface area contributed by atoms with Gasteiger partial charge in [-0.25, -0.2) is 4.39 Å². The molecule has 1 saturated carbocycles. The molecule has 2 atom stereocenters. The van der Waals surface area contributed by atoms with Crippen molar-refractivity contribution >= 4 is 11.8 Å². The average molecular weight is 395 g/mol. The second kappa shape index (κ2) is 8.31. The summed E-state index contributed by atoms with van der Waals surface area (Å²) < 4.78 is 13.7. The molecule has 29 heavy (non-hydrogen) atoms. The third kappa shape index (κ3) is 4.47. The van der Waals surface area contributed by atoms with E-state index in [-0.39, 0.29) is 35.5 Å². The molecule has 2 aromatic rings. The van der Waals surface area contributed by atoms with Crippen LogP contribution in [0.1, 0.15) is 48.4 Å². The van der Waals surface area contributed by atoms with Gasteiger partial charge in [0.05, 0.1) is 12.0 Å². The number of benzene rings is 1. The van der Waals surface area contributed by atoms with Gasteiger partial charge in [0, 0.05) is 31.4 Å². The molecular formula is C23H26FN3O2. The fourth-order valence-corrected chi connectivity index (χ4v) is 4.05. The Labute approximate surface area is 170 Å². The van der Waals surface area contributed by atoms with Crippen molar-refractivity contribution in [2.75, 3.05) is 6.54 Å². The number of likely N-dealkylation sites (tertiary alicyclic amines) is 1. The number of halogens is 1. The van der Waals surface area contributed by atoms with Crippen molar-refractivity contribution < 1.29 is 14.0 Å². The second-order valence-electron chi connectivity index (χ2n) is 8.14. The lowest BCUT2D eigenvalue weighted by atomic mass is 9.87. The highest BCUT2D eigenvalue weighted by molar-refractivity contribution is 5.84. The van der Waals surface area contributed by atoms with Crippen LogP contribution in [-0.2, 0) is 16.1 Å². The monoisotopic (exact) mass is 395 g/mol. The summed E-state index contributed by atoms with van der Waals surface area (Å²) in [5, 5.41) is 2.98. The molecule has 1 N–H and O–H groups in total. The quantitative estimate of drug-likeness (QED) is 0.842. The Hall–Kier alpha value is -2.76. The van der Waals surface area contributed by atoms with Crippen molar-refractivity contribution in [3.05, 3.63) is 65.2 Å². The standard InChI is InChI=1S/C23H26FN3O2/c1-15-11-18(6-8-20(15)24)21-9-7-19(14-27(21)23(29)17-4-5-17)22(28)26-13-16-3-2-10-25-12-16/h2-3,6,8,10-12,17,19,21H,4-5,7,9,13-14H2,1H3,(H,26,28)/t19-,21-/m1/s1. The molecule has 4 rings (SSSR count). The molecular weight excluding hydrogens is 369 g/mol. The zero-order chi connectivity index (χ0) is 20.4. The fraction of sp³-hybridized carbons (Fsp3) is 0.435. The van der Waals surface area contributed by atoms with E-state index < -0.39 is 0 Å². The molecule has 5 nitrogen and oxygen atoms in total. The summed E-state index contributed by atoms with van der Waals surface area (Å²) in [6.07, 6.45) is 6.68. The highest BCUT2D eigenvalue weighted by Crippen LogP contribution is 2.39. The minimum absolute atomic E-state index is 0.0313. The number of carbonyl (C=O) groups is 2. The Morgan fingerprint density at radius 2 is 1.97 bits per heavy atom. The van der Waals surface area contributed by atoms with Crippen LogP contribution in [-0.4, -0.2) is 28.2 Å². The molecule has 0 spiro atoms. The van der Waals surface area contributed by atoms with Crippen molar-refractivity contribution in [3.8, 4) is 0 Å². The van der Waals surface area contributed by atoms with Gasteiger partial charge in [0.25, 0.3) is 0 Å². The molecule has 1 aliphatic carbocycles. The predicted molar refractivity (Wildman–Crippen MR) is 107 cm³/mol. The number of pyridine rings is 1. The third-order valence-corrected chi connectivity index (χ3v) is 5.92. The SMILES string of the molecule is Cc1cc([C@H]2CC[C@@H](C(=O)NCc3cccnc3)CN2C(=O)C2CC2)ccc1F. The third-order valence-electron chi connectivity index (χ3n) is 5.92. The van der Waals surface area contributed by atoms with Gasteiger partial charge in [-0.15, -0.1) is 0 Å². The Balaban J connectivity index is 1.47. The number of hydrogen-bond donors (Lipinski definition) is 1. The molecule has 1 saturated heterocycles. The molecule has 1 aromatic heterocycles. The maximum absolute atomic E-state index is 13.7. The molecule has 152 valence electrons. The van der Waals surface area contributed by atoms with E-state index in [0.29, 0.717) is 31.5 Å². The van der Waals surface area contributed by atoms with Crippen LogP contribution >= 0.6 is 0 Å². The van der Waals surface area contributed by atoms with Crippen LogP contribution in [0, 0.1) is 24.6 Å². The minimum Gasteiger partial charge on any atom is -0.352 e. The molecule has 2 aliphatic rings. The summed E-state index contributed by atoms with van der Waals surface area (Å²) in [6.45, 7) is 2.58. The first kappa shape index (κ1) is 19.6. The Morgan fingerprint density at radius 1 is 1.17 bits per heavy atom. The van der Waals surface area contributed by atoms with Gasteiger partial charge in [-0.1, -0.05) is 18.2 Å². The number of carbonyl (C=O) groups excluding carboxylic acids is 2. The molecule has 6 heteroatoms. The summed E-state index contributed by atoms with van der Waals surface area (Å²) in [7, 11) is 0. The van der Waals surface area contributed by atoms with Crippen LogP contribution in [0.25, 0.3) is 0 Å². The minimum atomic E-state index is -0.239. The first-order chi connectivity index (χ1) is 14.0. The van der Waals surface area contributed by atoms with Gasteiger partial charge in [-0.3, -0.25) is 14.6 Å². The van der Waals surface area contributed by atoms with E-state index in [2.05, 4.69) is 10.3 Å². The largest absolute Gasteiger partial charge is 0.352 e. The molecule has 1 aromatic carbocycles. The lowest BCUT2D eigenvalue weighted by Gasteiger charge is -2.40. The molecule has 1 aliphatic heterocycles.